The number of carbonyl (C=O) groups is 1. The number of hydrogen-bond acceptors (Lipinski definition) is 3. The van der Waals surface area contributed by atoms with Gasteiger partial charge in [-0.3, -0.25) is 4.79 Å². The first kappa shape index (κ1) is 13.2. The van der Waals surface area contributed by atoms with Crippen molar-refractivity contribution in [1.29, 1.82) is 0 Å². The third kappa shape index (κ3) is 3.65. The Morgan fingerprint density at radius 1 is 1.44 bits per heavy atom. The Balaban J connectivity index is 1.64. The number of ether oxygens (including phenoxy) is 2. The van der Waals surface area contributed by atoms with Crippen molar-refractivity contribution < 1.29 is 23.0 Å². The number of alkyl halides is 2. The van der Waals surface area contributed by atoms with E-state index in [1.54, 1.807) is 0 Å². The smallest absolute Gasteiger partial charge is 0.298 e. The van der Waals surface area contributed by atoms with Crippen molar-refractivity contribution in [3.05, 3.63) is 0 Å². The van der Waals surface area contributed by atoms with Gasteiger partial charge in [-0.2, -0.15) is 0 Å². The van der Waals surface area contributed by atoms with Crippen LogP contribution in [0.1, 0.15) is 19.3 Å². The highest BCUT2D eigenvalue weighted by Gasteiger charge is 2.45. The van der Waals surface area contributed by atoms with Crippen molar-refractivity contribution in [3.63, 3.8) is 0 Å². The quantitative estimate of drug-likeness (QED) is 0.695. The van der Waals surface area contributed by atoms with Crippen LogP contribution < -0.4 is 0 Å². The van der Waals surface area contributed by atoms with Crippen molar-refractivity contribution in [2.24, 2.45) is 0 Å². The van der Waals surface area contributed by atoms with E-state index in [4.69, 9.17) is 9.47 Å². The Hall–Kier alpha value is -1.19. The Kier molecular flexibility index (Phi) is 4.15. The van der Waals surface area contributed by atoms with Gasteiger partial charge < -0.3 is 14.4 Å². The molecule has 100 valence electrons. The minimum atomic E-state index is -2.75. The van der Waals surface area contributed by atoms with Gasteiger partial charge in [-0.05, 0) is 25.2 Å². The summed E-state index contributed by atoms with van der Waals surface area (Å²) in [5.41, 5.74) is 0. The lowest BCUT2D eigenvalue weighted by molar-refractivity contribution is -0.160. The van der Waals surface area contributed by atoms with E-state index in [2.05, 4.69) is 11.8 Å². The van der Waals surface area contributed by atoms with E-state index in [0.29, 0.717) is 6.61 Å². The van der Waals surface area contributed by atoms with Gasteiger partial charge in [-0.1, -0.05) is 5.92 Å². The van der Waals surface area contributed by atoms with Gasteiger partial charge >= 0.3 is 0 Å². The molecule has 6 heteroatoms. The lowest BCUT2D eigenvalue weighted by Gasteiger charge is -2.37. The number of hydrogen-bond donors (Lipinski definition) is 0. The zero-order chi connectivity index (χ0) is 13.0. The summed E-state index contributed by atoms with van der Waals surface area (Å²) in [4.78, 5) is 12.3. The fraction of sp³-hybridized carbons (Fsp3) is 0.750. The second-order valence-corrected chi connectivity index (χ2v) is 4.43. The van der Waals surface area contributed by atoms with Gasteiger partial charge in [0.25, 0.3) is 11.8 Å². The Morgan fingerprint density at radius 2 is 2.22 bits per heavy atom. The molecule has 0 bridgehead atoms. The van der Waals surface area contributed by atoms with Gasteiger partial charge in [-0.25, -0.2) is 8.78 Å². The summed E-state index contributed by atoms with van der Waals surface area (Å²) in [6.45, 7) is -0.305. The van der Waals surface area contributed by atoms with Crippen LogP contribution in [0.25, 0.3) is 0 Å². The van der Waals surface area contributed by atoms with Gasteiger partial charge in [0.05, 0.1) is 13.1 Å². The molecule has 0 radical (unpaired) electrons. The van der Waals surface area contributed by atoms with Crippen LogP contribution in [0, 0.1) is 11.8 Å². The molecule has 4 nitrogen and oxygen atoms in total. The Bertz CT molecular complexity index is 361. The monoisotopic (exact) mass is 259 g/mol. The van der Waals surface area contributed by atoms with Crippen LogP contribution >= 0.6 is 0 Å². The average molecular weight is 259 g/mol. The number of amides is 1. The maximum absolute atomic E-state index is 12.5. The standard InChI is InChI=1S/C12H15F2NO3/c13-12(14)8-15(9-12)10(16)4-3-7-18-11-5-1-2-6-17-11/h11H,1-2,5-9H2. The van der Waals surface area contributed by atoms with Gasteiger partial charge in [0.15, 0.2) is 6.29 Å². The third-order valence-electron chi connectivity index (χ3n) is 2.81. The molecule has 0 aromatic rings. The highest BCUT2D eigenvalue weighted by atomic mass is 19.3. The number of carbonyl (C=O) groups excluding carboxylic acids is 1. The molecule has 0 spiro atoms. The Morgan fingerprint density at radius 3 is 2.83 bits per heavy atom. The fourth-order valence-corrected chi connectivity index (χ4v) is 1.82. The van der Waals surface area contributed by atoms with Crippen molar-refractivity contribution >= 4 is 5.91 Å². The summed E-state index contributed by atoms with van der Waals surface area (Å²) < 4.78 is 35.6. The van der Waals surface area contributed by atoms with Gasteiger partial charge in [0.1, 0.15) is 6.61 Å². The van der Waals surface area contributed by atoms with Gasteiger partial charge in [0, 0.05) is 6.61 Å². The largest absolute Gasteiger partial charge is 0.353 e. The lowest BCUT2D eigenvalue weighted by atomic mass is 10.1. The molecule has 1 unspecified atom stereocenters. The molecular formula is C12H15F2NO3. The number of likely N-dealkylation sites (tertiary alicyclic amines) is 1. The number of rotatable bonds is 2. The molecule has 0 aromatic carbocycles. The maximum Gasteiger partial charge on any atom is 0.298 e. The van der Waals surface area contributed by atoms with Gasteiger partial charge in [-0.15, -0.1) is 0 Å². The summed E-state index contributed by atoms with van der Waals surface area (Å²) in [7, 11) is 0. The predicted octanol–water partition coefficient (Wildman–Crippen LogP) is 1.01. The van der Waals surface area contributed by atoms with Crippen LogP contribution in [0.15, 0.2) is 0 Å². The molecule has 2 rings (SSSR count). The van der Waals surface area contributed by atoms with Crippen LogP contribution in [0.2, 0.25) is 0 Å². The van der Waals surface area contributed by atoms with E-state index < -0.39 is 24.9 Å². The average Bonchev–Trinajstić information content (AvgIpc) is 2.32. The molecule has 18 heavy (non-hydrogen) atoms. The molecule has 2 aliphatic heterocycles. The molecule has 2 fully saturated rings. The zero-order valence-corrected chi connectivity index (χ0v) is 9.95. The first-order valence-corrected chi connectivity index (χ1v) is 5.96. The normalized spacial score (nSPS) is 25.9. The second kappa shape index (κ2) is 5.63. The van der Waals surface area contributed by atoms with E-state index >= 15 is 0 Å². The number of nitrogens with zero attached hydrogens (tertiary/aromatic N) is 1. The van der Waals surface area contributed by atoms with Crippen LogP contribution in [-0.2, 0) is 14.3 Å². The first-order valence-electron chi connectivity index (χ1n) is 5.96. The van der Waals surface area contributed by atoms with E-state index in [1.807, 2.05) is 0 Å². The molecule has 2 heterocycles. The van der Waals surface area contributed by atoms with Gasteiger partial charge in [0.2, 0.25) is 0 Å². The summed E-state index contributed by atoms with van der Waals surface area (Å²) in [5, 5.41) is 0. The first-order chi connectivity index (χ1) is 8.57. The van der Waals surface area contributed by atoms with E-state index in [-0.39, 0.29) is 12.9 Å². The van der Waals surface area contributed by atoms with Crippen molar-refractivity contribution in [2.45, 2.75) is 31.5 Å². The van der Waals surface area contributed by atoms with Crippen molar-refractivity contribution in [1.82, 2.24) is 4.90 Å². The maximum atomic E-state index is 12.5. The van der Waals surface area contributed by atoms with E-state index in [1.165, 1.54) is 0 Å². The lowest BCUT2D eigenvalue weighted by Crippen LogP contribution is -2.58. The number of halogens is 2. The van der Waals surface area contributed by atoms with E-state index in [0.717, 1.165) is 24.2 Å². The fourth-order valence-electron chi connectivity index (χ4n) is 1.82. The Labute approximate surface area is 104 Å². The highest BCUT2D eigenvalue weighted by molar-refractivity contribution is 5.94. The summed E-state index contributed by atoms with van der Waals surface area (Å²) in [6, 6.07) is 0. The topological polar surface area (TPSA) is 38.8 Å². The predicted molar refractivity (Wildman–Crippen MR) is 58.8 cm³/mol. The molecule has 0 saturated carbocycles. The molecule has 0 aromatic heterocycles. The van der Waals surface area contributed by atoms with Crippen molar-refractivity contribution in [3.8, 4) is 11.8 Å². The minimum Gasteiger partial charge on any atom is -0.353 e. The molecule has 2 saturated heterocycles. The third-order valence-corrected chi connectivity index (χ3v) is 2.81. The van der Waals surface area contributed by atoms with E-state index in [9.17, 15) is 13.6 Å². The van der Waals surface area contributed by atoms with Crippen LogP contribution in [0.3, 0.4) is 0 Å². The molecule has 1 atom stereocenters. The molecular weight excluding hydrogens is 244 g/mol. The second-order valence-electron chi connectivity index (χ2n) is 4.43. The highest BCUT2D eigenvalue weighted by Crippen LogP contribution is 2.26. The van der Waals surface area contributed by atoms with Crippen LogP contribution in [0.5, 0.6) is 0 Å². The summed E-state index contributed by atoms with van der Waals surface area (Å²) in [6.07, 6.45) is 2.66. The van der Waals surface area contributed by atoms with Crippen LogP contribution in [0.4, 0.5) is 8.78 Å². The van der Waals surface area contributed by atoms with Crippen LogP contribution in [-0.4, -0.2) is 49.3 Å². The summed E-state index contributed by atoms with van der Waals surface area (Å²) >= 11 is 0. The molecule has 2 aliphatic rings. The zero-order valence-electron chi connectivity index (χ0n) is 9.95. The summed E-state index contributed by atoms with van der Waals surface area (Å²) in [5.74, 6) is 1.48. The molecule has 0 N–H and O–H groups in total. The molecule has 0 aliphatic carbocycles. The molecule has 1 amide bonds. The SMILES string of the molecule is O=C(C#CCOC1CCCCO1)N1CC(F)(F)C1. The minimum absolute atomic E-state index is 0.0840. The van der Waals surface area contributed by atoms with Crippen molar-refractivity contribution in [2.75, 3.05) is 26.3 Å².